The Hall–Kier alpha value is -2.29. The molecule has 0 saturated carbocycles. The standard InChI is InChI=1S/C20H25N5O2S/c26-19(17-7-4-14-27-17)24-12-10-23(11-13-24)15-25-20(28)21-18(22-25)9-8-16-5-2-1-3-6-16/h1-3,5-6,8-9,17H,4,7,10-15H2,(H,21,22,28)/b9-8+. The molecule has 0 aliphatic carbocycles. The maximum Gasteiger partial charge on any atom is 0.251 e. The van der Waals surface area contributed by atoms with E-state index in [1.807, 2.05) is 52.1 Å². The monoisotopic (exact) mass is 399 g/mol. The molecule has 2 aliphatic heterocycles. The highest BCUT2D eigenvalue weighted by atomic mass is 32.1. The third-order valence-corrected chi connectivity index (χ3v) is 5.47. The lowest BCUT2D eigenvalue weighted by Gasteiger charge is -2.35. The van der Waals surface area contributed by atoms with Gasteiger partial charge in [0, 0.05) is 32.8 Å². The summed E-state index contributed by atoms with van der Waals surface area (Å²) >= 11 is 5.39. The van der Waals surface area contributed by atoms with E-state index in [4.69, 9.17) is 17.0 Å². The Bertz CT molecular complexity index is 878. The summed E-state index contributed by atoms with van der Waals surface area (Å²) in [6, 6.07) is 10.1. The van der Waals surface area contributed by atoms with Crippen LogP contribution in [-0.4, -0.2) is 69.4 Å². The van der Waals surface area contributed by atoms with Gasteiger partial charge in [0.15, 0.2) is 0 Å². The second kappa shape index (κ2) is 8.81. The molecule has 28 heavy (non-hydrogen) atoms. The van der Waals surface area contributed by atoms with Crippen LogP contribution in [0.2, 0.25) is 0 Å². The summed E-state index contributed by atoms with van der Waals surface area (Å²) in [4.78, 5) is 21.1. The van der Waals surface area contributed by atoms with Gasteiger partial charge in [0.25, 0.3) is 5.91 Å². The number of piperazine rings is 1. The van der Waals surface area contributed by atoms with Crippen LogP contribution in [0.5, 0.6) is 0 Å². The van der Waals surface area contributed by atoms with Crippen LogP contribution in [0, 0.1) is 4.77 Å². The van der Waals surface area contributed by atoms with Crippen LogP contribution >= 0.6 is 12.2 Å². The Morgan fingerprint density at radius 2 is 2.00 bits per heavy atom. The number of nitrogens with zero attached hydrogens (tertiary/aromatic N) is 4. The van der Waals surface area contributed by atoms with E-state index < -0.39 is 0 Å². The van der Waals surface area contributed by atoms with Crippen molar-refractivity contribution >= 4 is 30.3 Å². The molecule has 2 aliphatic rings. The fourth-order valence-electron chi connectivity index (χ4n) is 3.57. The first-order valence-corrected chi connectivity index (χ1v) is 10.1. The summed E-state index contributed by atoms with van der Waals surface area (Å²) in [5, 5.41) is 3.25. The lowest BCUT2D eigenvalue weighted by Crippen LogP contribution is -2.51. The molecule has 1 N–H and O–H groups in total. The lowest BCUT2D eigenvalue weighted by atomic mass is 10.2. The van der Waals surface area contributed by atoms with Gasteiger partial charge in [0.2, 0.25) is 4.77 Å². The Morgan fingerprint density at radius 1 is 1.21 bits per heavy atom. The quantitative estimate of drug-likeness (QED) is 0.782. The van der Waals surface area contributed by atoms with E-state index in [1.54, 1.807) is 0 Å². The second-order valence-electron chi connectivity index (χ2n) is 7.15. The first kappa shape index (κ1) is 19.0. The van der Waals surface area contributed by atoms with Gasteiger partial charge >= 0.3 is 0 Å². The van der Waals surface area contributed by atoms with Crippen LogP contribution in [0.4, 0.5) is 0 Å². The van der Waals surface area contributed by atoms with E-state index in [-0.39, 0.29) is 12.0 Å². The second-order valence-corrected chi connectivity index (χ2v) is 7.52. The fourth-order valence-corrected chi connectivity index (χ4v) is 3.77. The number of carbonyl (C=O) groups excluding carboxylic acids is 1. The van der Waals surface area contributed by atoms with Crippen LogP contribution in [0.1, 0.15) is 24.2 Å². The van der Waals surface area contributed by atoms with Crippen molar-refractivity contribution in [3.05, 3.63) is 46.5 Å². The number of amides is 1. The van der Waals surface area contributed by atoms with Crippen LogP contribution < -0.4 is 0 Å². The summed E-state index contributed by atoms with van der Waals surface area (Å²) in [5.74, 6) is 0.879. The number of rotatable bonds is 5. The number of nitrogens with one attached hydrogen (secondary N) is 1. The summed E-state index contributed by atoms with van der Waals surface area (Å²) in [6.45, 7) is 4.42. The molecule has 8 heteroatoms. The van der Waals surface area contributed by atoms with Gasteiger partial charge in [-0.3, -0.25) is 14.8 Å². The molecule has 1 aromatic heterocycles. The maximum absolute atomic E-state index is 12.4. The van der Waals surface area contributed by atoms with E-state index >= 15 is 0 Å². The average Bonchev–Trinajstić information content (AvgIpc) is 3.38. The highest BCUT2D eigenvalue weighted by molar-refractivity contribution is 7.71. The van der Waals surface area contributed by atoms with Crippen molar-refractivity contribution in [1.82, 2.24) is 24.6 Å². The number of carbonyl (C=O) groups is 1. The predicted octanol–water partition coefficient (Wildman–Crippen LogP) is 2.39. The van der Waals surface area contributed by atoms with Crippen molar-refractivity contribution in [2.24, 2.45) is 0 Å². The van der Waals surface area contributed by atoms with Crippen LogP contribution in [0.3, 0.4) is 0 Å². The van der Waals surface area contributed by atoms with E-state index in [0.29, 0.717) is 18.0 Å². The zero-order valence-electron chi connectivity index (χ0n) is 15.8. The molecule has 2 fully saturated rings. The van der Waals surface area contributed by atoms with Gasteiger partial charge in [0.1, 0.15) is 11.9 Å². The van der Waals surface area contributed by atoms with Crippen LogP contribution in [0.15, 0.2) is 30.3 Å². The molecule has 1 unspecified atom stereocenters. The van der Waals surface area contributed by atoms with Crippen molar-refractivity contribution in [3.63, 3.8) is 0 Å². The van der Waals surface area contributed by atoms with Gasteiger partial charge in [-0.2, -0.15) is 4.98 Å². The Labute approximate surface area is 169 Å². The van der Waals surface area contributed by atoms with Crippen LogP contribution in [-0.2, 0) is 16.2 Å². The minimum absolute atomic E-state index is 0.142. The molecule has 7 nitrogen and oxygen atoms in total. The Balaban J connectivity index is 1.31. The van der Waals surface area contributed by atoms with E-state index in [2.05, 4.69) is 15.0 Å². The molecule has 1 amide bonds. The molecule has 2 aromatic rings. The Morgan fingerprint density at radius 3 is 2.71 bits per heavy atom. The van der Waals surface area contributed by atoms with Crippen molar-refractivity contribution in [2.45, 2.75) is 25.6 Å². The summed E-state index contributed by atoms with van der Waals surface area (Å²) in [5.41, 5.74) is 1.11. The van der Waals surface area contributed by atoms with Crippen molar-refractivity contribution in [3.8, 4) is 0 Å². The summed E-state index contributed by atoms with van der Waals surface area (Å²) < 4.78 is 7.93. The number of benzene rings is 1. The van der Waals surface area contributed by atoms with Gasteiger partial charge in [-0.1, -0.05) is 36.4 Å². The predicted molar refractivity (Wildman–Crippen MR) is 110 cm³/mol. The molecule has 0 radical (unpaired) electrons. The maximum atomic E-state index is 12.4. The molecule has 3 heterocycles. The SMILES string of the molecule is O=C(C1CCCO1)N1CCN(Cn2[nH]c(/C=C/c3ccccc3)nc2=S)CC1. The fraction of sp³-hybridized carbons (Fsp3) is 0.450. The first-order chi connectivity index (χ1) is 13.7. The molecule has 1 atom stereocenters. The van der Waals surface area contributed by atoms with E-state index in [9.17, 15) is 4.79 Å². The molecule has 0 spiro atoms. The molecule has 4 rings (SSSR count). The topological polar surface area (TPSA) is 66.4 Å². The smallest absolute Gasteiger partial charge is 0.251 e. The van der Waals surface area contributed by atoms with E-state index in [1.165, 1.54) is 0 Å². The summed E-state index contributed by atoms with van der Waals surface area (Å²) in [7, 11) is 0. The Kier molecular flexibility index (Phi) is 5.99. The van der Waals surface area contributed by atoms with Gasteiger partial charge < -0.3 is 9.64 Å². The molecule has 148 valence electrons. The van der Waals surface area contributed by atoms with Crippen molar-refractivity contribution < 1.29 is 9.53 Å². The minimum atomic E-state index is -0.230. The number of hydrogen-bond acceptors (Lipinski definition) is 5. The van der Waals surface area contributed by atoms with Gasteiger partial charge in [-0.05, 0) is 36.7 Å². The van der Waals surface area contributed by atoms with Gasteiger partial charge in [-0.15, -0.1) is 0 Å². The molecule has 2 saturated heterocycles. The zero-order valence-corrected chi connectivity index (χ0v) is 16.6. The highest BCUT2D eigenvalue weighted by Gasteiger charge is 2.30. The minimum Gasteiger partial charge on any atom is -0.368 e. The van der Waals surface area contributed by atoms with Gasteiger partial charge in [-0.25, -0.2) is 4.68 Å². The van der Waals surface area contributed by atoms with Crippen LogP contribution in [0.25, 0.3) is 12.2 Å². The van der Waals surface area contributed by atoms with Crippen molar-refractivity contribution in [1.29, 1.82) is 0 Å². The number of ether oxygens (including phenoxy) is 1. The number of hydrogen-bond donors (Lipinski definition) is 1. The van der Waals surface area contributed by atoms with Crippen molar-refractivity contribution in [2.75, 3.05) is 32.8 Å². The number of aromatic amines is 1. The normalized spacial score (nSPS) is 20.9. The van der Waals surface area contributed by atoms with E-state index in [0.717, 1.165) is 50.4 Å². The van der Waals surface area contributed by atoms with Gasteiger partial charge in [0.05, 0.1) is 6.67 Å². The average molecular weight is 400 g/mol. The largest absolute Gasteiger partial charge is 0.368 e. The molecular weight excluding hydrogens is 374 g/mol. The first-order valence-electron chi connectivity index (χ1n) is 9.72. The molecule has 1 aromatic carbocycles. The number of aromatic nitrogens is 3. The number of H-pyrrole nitrogens is 1. The highest BCUT2D eigenvalue weighted by Crippen LogP contribution is 2.16. The lowest BCUT2D eigenvalue weighted by molar-refractivity contribution is -0.142. The summed E-state index contributed by atoms with van der Waals surface area (Å²) in [6.07, 6.45) is 5.54. The molecular formula is C20H25N5O2S. The zero-order chi connectivity index (χ0) is 19.3. The third kappa shape index (κ3) is 4.57. The molecule has 0 bridgehead atoms. The third-order valence-electron chi connectivity index (χ3n) is 5.16.